The number of oxazole rings is 1. The number of rotatable bonds is 7. The molecule has 2 aromatic carbocycles. The first-order valence-electron chi connectivity index (χ1n) is 9.01. The molecule has 1 N–H and O–H groups in total. The van der Waals surface area contributed by atoms with Gasteiger partial charge in [-0.05, 0) is 42.7 Å². The van der Waals surface area contributed by atoms with E-state index in [1.807, 2.05) is 48.5 Å². The summed E-state index contributed by atoms with van der Waals surface area (Å²) in [6, 6.07) is 15.0. The predicted octanol–water partition coefficient (Wildman–Crippen LogP) is 4.61. The molecule has 0 aliphatic carbocycles. The maximum Gasteiger partial charge on any atom is 0.317 e. The van der Waals surface area contributed by atoms with Crippen molar-refractivity contribution >= 4 is 40.4 Å². The van der Waals surface area contributed by atoms with E-state index in [1.54, 1.807) is 6.92 Å². The van der Waals surface area contributed by atoms with Gasteiger partial charge >= 0.3 is 5.97 Å². The van der Waals surface area contributed by atoms with Crippen LogP contribution in [0.5, 0.6) is 0 Å². The second kappa shape index (κ2) is 8.93. The van der Waals surface area contributed by atoms with Gasteiger partial charge in [0.05, 0.1) is 0 Å². The zero-order valence-electron chi connectivity index (χ0n) is 16.0. The lowest BCUT2D eigenvalue weighted by Gasteiger charge is -2.14. The van der Waals surface area contributed by atoms with Gasteiger partial charge in [-0.25, -0.2) is 4.98 Å². The number of nitrogens with one attached hydrogen (secondary N) is 1. The molecule has 28 heavy (non-hydrogen) atoms. The third-order valence-electron chi connectivity index (χ3n) is 4.11. The molecule has 1 heterocycles. The van der Waals surface area contributed by atoms with Crippen LogP contribution in [0.1, 0.15) is 32.3 Å². The highest BCUT2D eigenvalue weighted by Gasteiger charge is 2.19. The summed E-state index contributed by atoms with van der Waals surface area (Å²) >= 11 is 1.13. The van der Waals surface area contributed by atoms with E-state index in [4.69, 9.17) is 9.15 Å². The molecule has 0 saturated carbocycles. The summed E-state index contributed by atoms with van der Waals surface area (Å²) in [4.78, 5) is 28.5. The van der Waals surface area contributed by atoms with E-state index in [0.29, 0.717) is 22.4 Å². The van der Waals surface area contributed by atoms with Crippen LogP contribution in [0, 0.1) is 0 Å². The van der Waals surface area contributed by atoms with Crippen molar-refractivity contribution in [2.24, 2.45) is 0 Å². The lowest BCUT2D eigenvalue weighted by atomic mass is 10.0. The largest absolute Gasteiger partial charge is 0.452 e. The van der Waals surface area contributed by atoms with Gasteiger partial charge in [-0.3, -0.25) is 9.59 Å². The van der Waals surface area contributed by atoms with Gasteiger partial charge < -0.3 is 14.5 Å². The first-order valence-corrected chi connectivity index (χ1v) is 9.99. The van der Waals surface area contributed by atoms with Gasteiger partial charge in [-0.15, -0.1) is 0 Å². The van der Waals surface area contributed by atoms with Crippen molar-refractivity contribution in [3.8, 4) is 0 Å². The molecule has 0 fully saturated rings. The van der Waals surface area contributed by atoms with Gasteiger partial charge in [0.1, 0.15) is 11.3 Å². The number of nitrogens with zero attached hydrogens (tertiary/aromatic N) is 1. The number of ether oxygens (including phenoxy) is 1. The highest BCUT2D eigenvalue weighted by atomic mass is 32.2. The van der Waals surface area contributed by atoms with Gasteiger partial charge in [0.25, 0.3) is 11.1 Å². The number of aromatic nitrogens is 1. The van der Waals surface area contributed by atoms with Crippen LogP contribution < -0.4 is 5.32 Å². The van der Waals surface area contributed by atoms with E-state index < -0.39 is 12.1 Å². The minimum Gasteiger partial charge on any atom is -0.452 e. The van der Waals surface area contributed by atoms with Crippen molar-refractivity contribution < 1.29 is 18.7 Å². The van der Waals surface area contributed by atoms with Crippen LogP contribution in [-0.2, 0) is 14.3 Å². The van der Waals surface area contributed by atoms with Gasteiger partial charge in [-0.2, -0.15) is 0 Å². The Kier molecular flexibility index (Phi) is 6.36. The molecule has 6 nitrogen and oxygen atoms in total. The van der Waals surface area contributed by atoms with E-state index in [0.717, 1.165) is 17.3 Å². The van der Waals surface area contributed by atoms with Crippen molar-refractivity contribution in [3.63, 3.8) is 0 Å². The van der Waals surface area contributed by atoms with Crippen molar-refractivity contribution in [2.75, 3.05) is 11.1 Å². The molecule has 0 radical (unpaired) electrons. The molecule has 3 aromatic rings. The van der Waals surface area contributed by atoms with Crippen molar-refractivity contribution in [2.45, 2.75) is 38.0 Å². The van der Waals surface area contributed by atoms with Gasteiger partial charge in [0, 0.05) is 5.69 Å². The number of carbonyl (C=O) groups excluding carboxylic acids is 2. The molecule has 0 aliphatic rings. The second-order valence-electron chi connectivity index (χ2n) is 6.63. The zero-order chi connectivity index (χ0) is 20.1. The third kappa shape index (κ3) is 5.13. The summed E-state index contributed by atoms with van der Waals surface area (Å²) in [6.07, 6.45) is -0.901. The fourth-order valence-electron chi connectivity index (χ4n) is 2.51. The minimum atomic E-state index is -0.901. The smallest absolute Gasteiger partial charge is 0.317 e. The molecule has 1 amide bonds. The van der Waals surface area contributed by atoms with Crippen LogP contribution in [0.4, 0.5) is 5.69 Å². The Bertz CT molecular complexity index is 933. The topological polar surface area (TPSA) is 81.4 Å². The fraction of sp³-hybridized carbons (Fsp3) is 0.286. The lowest BCUT2D eigenvalue weighted by molar-refractivity contribution is -0.150. The molecular weight excluding hydrogens is 376 g/mol. The number of anilines is 1. The average Bonchev–Trinajstić information content (AvgIpc) is 3.09. The van der Waals surface area contributed by atoms with Crippen molar-refractivity contribution in [1.29, 1.82) is 0 Å². The summed E-state index contributed by atoms with van der Waals surface area (Å²) in [5.74, 6) is -0.459. The van der Waals surface area contributed by atoms with Crippen LogP contribution >= 0.6 is 11.8 Å². The number of benzene rings is 2. The first kappa shape index (κ1) is 19.9. The van der Waals surface area contributed by atoms with Gasteiger partial charge in [0.2, 0.25) is 0 Å². The van der Waals surface area contributed by atoms with E-state index >= 15 is 0 Å². The molecule has 3 rings (SSSR count). The highest BCUT2D eigenvalue weighted by Crippen LogP contribution is 2.23. The summed E-state index contributed by atoms with van der Waals surface area (Å²) in [5.41, 5.74) is 3.25. The lowest BCUT2D eigenvalue weighted by Crippen LogP contribution is -2.30. The Morgan fingerprint density at radius 1 is 1.11 bits per heavy atom. The standard InChI is InChI=1S/C21H22N2O4S/c1-13(2)15-8-10-16(11-9-15)22-20(25)14(3)26-19(24)12-28-21-23-17-6-4-5-7-18(17)27-21/h4-11,13-14H,12H2,1-3H3,(H,22,25)/t14-/m0/s1. The number of hydrogen-bond acceptors (Lipinski definition) is 6. The maximum atomic E-state index is 12.2. The Morgan fingerprint density at radius 2 is 1.82 bits per heavy atom. The average molecular weight is 398 g/mol. The van der Waals surface area contributed by atoms with Crippen molar-refractivity contribution in [3.05, 3.63) is 54.1 Å². The van der Waals surface area contributed by atoms with Crippen LogP contribution in [-0.4, -0.2) is 28.7 Å². The zero-order valence-corrected chi connectivity index (χ0v) is 16.8. The van der Waals surface area contributed by atoms with Crippen LogP contribution in [0.2, 0.25) is 0 Å². The van der Waals surface area contributed by atoms with Crippen molar-refractivity contribution in [1.82, 2.24) is 4.98 Å². The first-order chi connectivity index (χ1) is 13.4. The molecule has 0 saturated heterocycles. The number of para-hydroxylation sites is 2. The van der Waals surface area contributed by atoms with Gasteiger partial charge in [-0.1, -0.05) is 49.9 Å². The second-order valence-corrected chi connectivity index (χ2v) is 7.56. The van der Waals surface area contributed by atoms with E-state index in [2.05, 4.69) is 24.1 Å². The molecule has 1 atom stereocenters. The van der Waals surface area contributed by atoms with E-state index in [1.165, 1.54) is 5.56 Å². The van der Waals surface area contributed by atoms with Gasteiger partial charge in [0.15, 0.2) is 11.7 Å². The number of amides is 1. The van der Waals surface area contributed by atoms with E-state index in [9.17, 15) is 9.59 Å². The minimum absolute atomic E-state index is 0.00747. The number of carbonyl (C=O) groups is 2. The van der Waals surface area contributed by atoms with Crippen LogP contribution in [0.25, 0.3) is 11.1 Å². The number of fused-ring (bicyclic) bond motifs is 1. The molecule has 0 aliphatic heterocycles. The number of hydrogen-bond donors (Lipinski definition) is 1. The Morgan fingerprint density at radius 3 is 2.50 bits per heavy atom. The fourth-order valence-corrected chi connectivity index (χ4v) is 3.13. The number of thioether (sulfide) groups is 1. The highest BCUT2D eigenvalue weighted by molar-refractivity contribution is 7.99. The number of esters is 1. The normalized spacial score (nSPS) is 12.1. The summed E-state index contributed by atoms with van der Waals surface area (Å²) < 4.78 is 10.7. The summed E-state index contributed by atoms with van der Waals surface area (Å²) in [7, 11) is 0. The Labute approximate surface area is 167 Å². The third-order valence-corrected chi connectivity index (χ3v) is 4.91. The SMILES string of the molecule is CC(C)c1ccc(NC(=O)[C@H](C)OC(=O)CSc2nc3ccccc3o2)cc1. The molecule has 0 bridgehead atoms. The molecular formula is C21H22N2O4S. The summed E-state index contributed by atoms with van der Waals surface area (Å²) in [6.45, 7) is 5.75. The quantitative estimate of drug-likeness (QED) is 0.462. The van der Waals surface area contributed by atoms with Crippen LogP contribution in [0.3, 0.4) is 0 Å². The predicted molar refractivity (Wildman–Crippen MR) is 109 cm³/mol. The molecule has 1 aromatic heterocycles. The van der Waals surface area contributed by atoms with E-state index in [-0.39, 0.29) is 11.7 Å². The molecule has 0 spiro atoms. The molecule has 0 unspecified atom stereocenters. The Balaban J connectivity index is 1.48. The summed E-state index contributed by atoms with van der Waals surface area (Å²) in [5, 5.41) is 3.14. The molecule has 7 heteroatoms. The maximum absolute atomic E-state index is 12.2. The monoisotopic (exact) mass is 398 g/mol. The molecule has 146 valence electrons. The Hall–Kier alpha value is -2.80. The van der Waals surface area contributed by atoms with Crippen LogP contribution in [0.15, 0.2) is 58.2 Å².